The van der Waals surface area contributed by atoms with E-state index in [0.717, 1.165) is 11.8 Å². The van der Waals surface area contributed by atoms with Crippen LogP contribution in [-0.4, -0.2) is 58.4 Å². The van der Waals surface area contributed by atoms with Crippen molar-refractivity contribution in [2.24, 2.45) is 0 Å². The van der Waals surface area contributed by atoms with Crippen molar-refractivity contribution in [3.05, 3.63) is 46.0 Å². The third-order valence-corrected chi connectivity index (χ3v) is 4.59. The number of amides is 2. The summed E-state index contributed by atoms with van der Waals surface area (Å²) in [5.74, 6) is -6.62. The third kappa shape index (κ3) is 4.38. The van der Waals surface area contributed by atoms with Crippen LogP contribution in [0.25, 0.3) is 0 Å². The summed E-state index contributed by atoms with van der Waals surface area (Å²) in [6, 6.07) is 2.49. The summed E-state index contributed by atoms with van der Waals surface area (Å²) in [6.45, 7) is -1.19. The van der Waals surface area contributed by atoms with Gasteiger partial charge in [-0.3, -0.25) is 24.0 Å². The second-order valence-corrected chi connectivity index (χ2v) is 6.92. The zero-order valence-electron chi connectivity index (χ0n) is 16.6. The number of pyridine rings is 1. The Hall–Kier alpha value is -3.58. The number of ether oxygens (including phenoxy) is 1. The standard InChI is InChI=1S/C18H16F5N5O4/c1-9-6-11(29)13(26-28(9)8-17(19,20)18(21,22)23)15(30)25-10-7-32-12-4-3-5-24-14(12)27(2)16(10)31/h3-6,10H,7-8H2,1-2H3,(H,25,30). The van der Waals surface area contributed by atoms with E-state index in [1.807, 2.05) is 0 Å². The van der Waals surface area contributed by atoms with Crippen molar-refractivity contribution in [3.63, 3.8) is 0 Å². The Balaban J connectivity index is 1.85. The van der Waals surface area contributed by atoms with Gasteiger partial charge in [-0.2, -0.15) is 27.1 Å². The van der Waals surface area contributed by atoms with E-state index in [9.17, 15) is 36.3 Å². The Morgan fingerprint density at radius 2 is 1.97 bits per heavy atom. The highest BCUT2D eigenvalue weighted by atomic mass is 19.4. The maximum absolute atomic E-state index is 13.4. The summed E-state index contributed by atoms with van der Waals surface area (Å²) in [5, 5.41) is 5.58. The van der Waals surface area contributed by atoms with Gasteiger partial charge in [0.15, 0.2) is 17.3 Å². The van der Waals surface area contributed by atoms with Crippen LogP contribution in [0.4, 0.5) is 27.8 Å². The van der Waals surface area contributed by atoms with Gasteiger partial charge in [0.1, 0.15) is 19.2 Å². The molecule has 1 aliphatic rings. The van der Waals surface area contributed by atoms with Gasteiger partial charge in [0.05, 0.1) is 0 Å². The topological polar surface area (TPSA) is 106 Å². The molecule has 1 unspecified atom stereocenters. The Morgan fingerprint density at radius 3 is 2.62 bits per heavy atom. The molecule has 32 heavy (non-hydrogen) atoms. The fourth-order valence-electron chi connectivity index (χ4n) is 2.84. The number of hydrogen-bond acceptors (Lipinski definition) is 6. The van der Waals surface area contributed by atoms with Crippen molar-refractivity contribution in [2.75, 3.05) is 18.6 Å². The molecule has 0 aliphatic carbocycles. The van der Waals surface area contributed by atoms with Crippen LogP contribution in [-0.2, 0) is 11.3 Å². The highest BCUT2D eigenvalue weighted by Crippen LogP contribution is 2.36. The van der Waals surface area contributed by atoms with E-state index in [1.54, 1.807) is 6.07 Å². The molecule has 2 aromatic heterocycles. The number of aryl methyl sites for hydroxylation is 1. The number of halogens is 5. The van der Waals surface area contributed by atoms with Crippen LogP contribution in [0.1, 0.15) is 16.2 Å². The molecule has 3 heterocycles. The number of carbonyl (C=O) groups excluding carboxylic acids is 2. The number of aromatic nitrogens is 3. The number of fused-ring (bicyclic) bond motifs is 1. The van der Waals surface area contributed by atoms with Crippen LogP contribution in [0.3, 0.4) is 0 Å². The highest BCUT2D eigenvalue weighted by Gasteiger charge is 2.57. The molecule has 0 spiro atoms. The number of anilines is 1. The van der Waals surface area contributed by atoms with Crippen LogP contribution < -0.4 is 20.4 Å². The number of carbonyl (C=O) groups is 2. The molecular formula is C18H16F5N5O4. The van der Waals surface area contributed by atoms with E-state index in [2.05, 4.69) is 15.4 Å². The van der Waals surface area contributed by atoms with E-state index < -0.39 is 47.6 Å². The van der Waals surface area contributed by atoms with Crippen LogP contribution in [0.5, 0.6) is 5.75 Å². The molecule has 2 amide bonds. The van der Waals surface area contributed by atoms with Crippen molar-refractivity contribution in [1.29, 1.82) is 0 Å². The van der Waals surface area contributed by atoms with Gasteiger partial charge in [-0.25, -0.2) is 4.98 Å². The summed E-state index contributed by atoms with van der Waals surface area (Å²) in [7, 11) is 1.37. The lowest BCUT2D eigenvalue weighted by Gasteiger charge is -2.22. The summed E-state index contributed by atoms with van der Waals surface area (Å²) in [6.07, 6.45) is -4.44. The molecule has 0 saturated carbocycles. The second kappa shape index (κ2) is 8.16. The molecule has 0 aromatic carbocycles. The first-order valence-corrected chi connectivity index (χ1v) is 9.01. The van der Waals surface area contributed by atoms with Crippen molar-refractivity contribution in [1.82, 2.24) is 20.1 Å². The average Bonchev–Trinajstić information content (AvgIpc) is 2.81. The third-order valence-electron chi connectivity index (χ3n) is 4.59. The molecule has 1 N–H and O–H groups in total. The molecule has 2 aromatic rings. The molecule has 3 rings (SSSR count). The lowest BCUT2D eigenvalue weighted by Crippen LogP contribution is -2.50. The molecule has 0 fully saturated rings. The van der Waals surface area contributed by atoms with E-state index in [4.69, 9.17) is 4.74 Å². The van der Waals surface area contributed by atoms with Gasteiger partial charge in [-0.1, -0.05) is 0 Å². The number of hydrogen-bond donors (Lipinski definition) is 1. The van der Waals surface area contributed by atoms with Gasteiger partial charge >= 0.3 is 12.1 Å². The van der Waals surface area contributed by atoms with E-state index in [0.29, 0.717) is 6.07 Å². The maximum Gasteiger partial charge on any atom is 0.455 e. The molecule has 0 saturated heterocycles. The lowest BCUT2D eigenvalue weighted by atomic mass is 10.2. The lowest BCUT2D eigenvalue weighted by molar-refractivity contribution is -0.287. The summed E-state index contributed by atoms with van der Waals surface area (Å²) < 4.78 is 70.1. The monoisotopic (exact) mass is 461 g/mol. The van der Waals surface area contributed by atoms with Crippen LogP contribution in [0.15, 0.2) is 29.2 Å². The summed E-state index contributed by atoms with van der Waals surface area (Å²) in [5.41, 5.74) is -2.29. The zero-order valence-corrected chi connectivity index (χ0v) is 16.6. The first-order chi connectivity index (χ1) is 14.8. The van der Waals surface area contributed by atoms with Gasteiger partial charge in [-0.15, -0.1) is 0 Å². The number of nitrogens with one attached hydrogen (secondary N) is 1. The largest absolute Gasteiger partial charge is 0.487 e. The highest BCUT2D eigenvalue weighted by molar-refractivity contribution is 6.02. The van der Waals surface area contributed by atoms with E-state index >= 15 is 0 Å². The Bertz CT molecular complexity index is 1120. The molecule has 0 bridgehead atoms. The molecule has 9 nitrogen and oxygen atoms in total. The first-order valence-electron chi connectivity index (χ1n) is 9.01. The van der Waals surface area contributed by atoms with Crippen LogP contribution in [0.2, 0.25) is 0 Å². The van der Waals surface area contributed by atoms with Gasteiger partial charge in [0.2, 0.25) is 5.43 Å². The zero-order chi connectivity index (χ0) is 23.8. The maximum atomic E-state index is 13.4. The van der Waals surface area contributed by atoms with Gasteiger partial charge in [0.25, 0.3) is 11.8 Å². The number of nitrogens with zero attached hydrogens (tertiary/aromatic N) is 4. The van der Waals surface area contributed by atoms with Gasteiger partial charge < -0.3 is 10.1 Å². The smallest absolute Gasteiger partial charge is 0.455 e. The van der Waals surface area contributed by atoms with Crippen molar-refractivity contribution >= 4 is 17.6 Å². The molecule has 14 heteroatoms. The Kier molecular flexibility index (Phi) is 5.89. The van der Waals surface area contributed by atoms with Crippen LogP contribution >= 0.6 is 0 Å². The van der Waals surface area contributed by atoms with Gasteiger partial charge in [-0.05, 0) is 19.1 Å². The fraction of sp³-hybridized carbons (Fsp3) is 0.389. The van der Waals surface area contributed by atoms with Crippen molar-refractivity contribution in [3.8, 4) is 5.75 Å². The van der Waals surface area contributed by atoms with E-state index in [1.165, 1.54) is 19.3 Å². The molecule has 1 atom stereocenters. The summed E-state index contributed by atoms with van der Waals surface area (Å²) >= 11 is 0. The normalized spacial score (nSPS) is 16.8. The number of likely N-dealkylation sites (N-methyl/N-ethyl adjacent to an activating group) is 1. The minimum Gasteiger partial charge on any atom is -0.487 e. The van der Waals surface area contributed by atoms with Crippen molar-refractivity contribution in [2.45, 2.75) is 31.6 Å². The van der Waals surface area contributed by atoms with Crippen molar-refractivity contribution < 1.29 is 36.3 Å². The Morgan fingerprint density at radius 1 is 1.28 bits per heavy atom. The molecule has 0 radical (unpaired) electrons. The predicted molar refractivity (Wildman–Crippen MR) is 98.6 cm³/mol. The molecule has 172 valence electrons. The minimum absolute atomic E-state index is 0.180. The van der Waals surface area contributed by atoms with E-state index in [-0.39, 0.29) is 28.5 Å². The average molecular weight is 461 g/mol. The minimum atomic E-state index is -5.86. The molecule has 1 aliphatic heterocycles. The van der Waals surface area contributed by atoms with Crippen LogP contribution in [0, 0.1) is 6.92 Å². The number of rotatable bonds is 4. The molecular weight excluding hydrogens is 445 g/mol. The SMILES string of the molecule is Cc1cc(=O)c(C(=O)NC2COc3cccnc3N(C)C2=O)nn1CC(F)(F)C(F)(F)F. The predicted octanol–water partition coefficient (Wildman–Crippen LogP) is 1.30. The summed E-state index contributed by atoms with van der Waals surface area (Å²) in [4.78, 5) is 42.5. The van der Waals surface area contributed by atoms with Gasteiger partial charge in [0, 0.05) is 25.0 Å². The fourth-order valence-corrected chi connectivity index (χ4v) is 2.84. The first kappa shape index (κ1) is 23.1. The quantitative estimate of drug-likeness (QED) is 0.689. The Labute approximate surface area is 176 Å². The number of alkyl halides is 5. The second-order valence-electron chi connectivity index (χ2n) is 6.92.